The van der Waals surface area contributed by atoms with Crippen LogP contribution in [0.25, 0.3) is 0 Å². The van der Waals surface area contributed by atoms with E-state index in [1.54, 1.807) is 0 Å². The SMILES string of the molecule is Cc1cccc(N2CCC(N)C(C)C2)n1. The first kappa shape index (κ1) is 10.4. The van der Waals surface area contributed by atoms with Crippen LogP contribution >= 0.6 is 0 Å². The first-order valence-electron chi connectivity index (χ1n) is 5.61. The third-order valence-corrected chi connectivity index (χ3v) is 3.17. The third-order valence-electron chi connectivity index (χ3n) is 3.17. The summed E-state index contributed by atoms with van der Waals surface area (Å²) in [5.41, 5.74) is 7.08. The molecule has 1 aromatic heterocycles. The molecule has 1 aliphatic heterocycles. The molecule has 2 atom stereocenters. The van der Waals surface area contributed by atoms with Gasteiger partial charge in [-0.2, -0.15) is 0 Å². The zero-order valence-electron chi connectivity index (χ0n) is 9.48. The van der Waals surface area contributed by atoms with Crippen LogP contribution in [0.4, 0.5) is 5.82 Å². The van der Waals surface area contributed by atoms with Gasteiger partial charge in [0, 0.05) is 24.8 Å². The van der Waals surface area contributed by atoms with Crippen molar-refractivity contribution in [2.24, 2.45) is 11.7 Å². The van der Waals surface area contributed by atoms with Crippen molar-refractivity contribution in [2.75, 3.05) is 18.0 Å². The second kappa shape index (κ2) is 4.19. The van der Waals surface area contributed by atoms with Crippen LogP contribution in [0.1, 0.15) is 19.0 Å². The number of rotatable bonds is 1. The van der Waals surface area contributed by atoms with Crippen molar-refractivity contribution in [1.29, 1.82) is 0 Å². The van der Waals surface area contributed by atoms with Gasteiger partial charge in [0.2, 0.25) is 0 Å². The summed E-state index contributed by atoms with van der Waals surface area (Å²) in [7, 11) is 0. The molecule has 0 radical (unpaired) electrons. The van der Waals surface area contributed by atoms with Gasteiger partial charge in [0.05, 0.1) is 0 Å². The van der Waals surface area contributed by atoms with E-state index in [1.165, 1.54) is 0 Å². The number of pyridine rings is 1. The monoisotopic (exact) mass is 205 g/mol. The van der Waals surface area contributed by atoms with Crippen molar-refractivity contribution in [2.45, 2.75) is 26.3 Å². The van der Waals surface area contributed by atoms with Gasteiger partial charge in [0.1, 0.15) is 5.82 Å². The molecule has 0 saturated carbocycles. The maximum Gasteiger partial charge on any atom is 0.128 e. The van der Waals surface area contributed by atoms with E-state index in [0.29, 0.717) is 12.0 Å². The highest BCUT2D eigenvalue weighted by atomic mass is 15.2. The number of nitrogens with two attached hydrogens (primary N) is 1. The molecule has 3 heteroatoms. The summed E-state index contributed by atoms with van der Waals surface area (Å²) in [4.78, 5) is 6.88. The minimum Gasteiger partial charge on any atom is -0.356 e. The van der Waals surface area contributed by atoms with Crippen LogP contribution in [0, 0.1) is 12.8 Å². The second-order valence-corrected chi connectivity index (χ2v) is 4.51. The van der Waals surface area contributed by atoms with E-state index >= 15 is 0 Å². The molecule has 82 valence electrons. The molecule has 0 aromatic carbocycles. The lowest BCUT2D eigenvalue weighted by Gasteiger charge is -2.35. The molecular weight excluding hydrogens is 186 g/mol. The Labute approximate surface area is 91.3 Å². The summed E-state index contributed by atoms with van der Waals surface area (Å²) in [5, 5.41) is 0. The van der Waals surface area contributed by atoms with Gasteiger partial charge in [-0.1, -0.05) is 13.0 Å². The molecule has 0 spiro atoms. The van der Waals surface area contributed by atoms with Crippen LogP contribution < -0.4 is 10.6 Å². The smallest absolute Gasteiger partial charge is 0.128 e. The minimum atomic E-state index is 0.353. The maximum absolute atomic E-state index is 6.00. The van der Waals surface area contributed by atoms with E-state index in [-0.39, 0.29) is 0 Å². The van der Waals surface area contributed by atoms with E-state index in [0.717, 1.165) is 31.0 Å². The van der Waals surface area contributed by atoms with Crippen molar-refractivity contribution >= 4 is 5.82 Å². The van der Waals surface area contributed by atoms with Crippen molar-refractivity contribution in [3.05, 3.63) is 23.9 Å². The summed E-state index contributed by atoms with van der Waals surface area (Å²) in [5.74, 6) is 1.65. The zero-order valence-corrected chi connectivity index (χ0v) is 9.48. The van der Waals surface area contributed by atoms with Gasteiger partial charge in [-0.05, 0) is 31.4 Å². The van der Waals surface area contributed by atoms with Gasteiger partial charge in [0.25, 0.3) is 0 Å². The second-order valence-electron chi connectivity index (χ2n) is 4.51. The largest absolute Gasteiger partial charge is 0.356 e. The quantitative estimate of drug-likeness (QED) is 0.756. The Morgan fingerprint density at radius 2 is 2.27 bits per heavy atom. The molecule has 0 bridgehead atoms. The molecule has 1 aromatic rings. The Bertz CT molecular complexity index is 337. The van der Waals surface area contributed by atoms with Crippen LogP contribution in [0.2, 0.25) is 0 Å². The molecule has 2 unspecified atom stereocenters. The molecule has 2 rings (SSSR count). The number of nitrogens with zero attached hydrogens (tertiary/aromatic N) is 2. The molecule has 3 nitrogen and oxygen atoms in total. The molecule has 2 N–H and O–H groups in total. The maximum atomic E-state index is 6.00. The fourth-order valence-electron chi connectivity index (χ4n) is 2.08. The first-order valence-corrected chi connectivity index (χ1v) is 5.61. The molecule has 0 aliphatic carbocycles. The fourth-order valence-corrected chi connectivity index (χ4v) is 2.08. The average Bonchev–Trinajstić information content (AvgIpc) is 2.22. The van der Waals surface area contributed by atoms with Gasteiger partial charge in [-0.25, -0.2) is 4.98 Å². The lowest BCUT2D eigenvalue weighted by molar-refractivity contribution is 0.381. The van der Waals surface area contributed by atoms with E-state index in [9.17, 15) is 0 Å². The first-order chi connectivity index (χ1) is 7.16. The van der Waals surface area contributed by atoms with Crippen molar-refractivity contribution < 1.29 is 0 Å². The van der Waals surface area contributed by atoms with Crippen LogP contribution in [-0.4, -0.2) is 24.1 Å². The Kier molecular flexibility index (Phi) is 2.91. The molecule has 0 amide bonds. The highest BCUT2D eigenvalue weighted by molar-refractivity contribution is 5.39. The molecular formula is C12H19N3. The number of aromatic nitrogens is 1. The topological polar surface area (TPSA) is 42.1 Å². The van der Waals surface area contributed by atoms with Gasteiger partial charge in [-0.15, -0.1) is 0 Å². The molecule has 1 saturated heterocycles. The van der Waals surface area contributed by atoms with Gasteiger partial charge >= 0.3 is 0 Å². The van der Waals surface area contributed by atoms with Crippen LogP contribution in [0.5, 0.6) is 0 Å². The number of piperidine rings is 1. The third kappa shape index (κ3) is 2.29. The lowest BCUT2D eigenvalue weighted by atomic mass is 9.95. The fraction of sp³-hybridized carbons (Fsp3) is 0.583. The standard InChI is InChI=1S/C12H19N3/c1-9-8-15(7-6-11(9)13)12-5-3-4-10(2)14-12/h3-5,9,11H,6-8,13H2,1-2H3. The number of hydrogen-bond acceptors (Lipinski definition) is 3. The highest BCUT2D eigenvalue weighted by Crippen LogP contribution is 2.20. The van der Waals surface area contributed by atoms with Crippen molar-refractivity contribution in [3.63, 3.8) is 0 Å². The summed E-state index contributed by atoms with van der Waals surface area (Å²) in [6, 6.07) is 6.53. The summed E-state index contributed by atoms with van der Waals surface area (Å²) in [6.45, 7) is 6.30. The Hall–Kier alpha value is -1.09. The molecule has 15 heavy (non-hydrogen) atoms. The zero-order chi connectivity index (χ0) is 10.8. The molecule has 1 aliphatic rings. The summed E-state index contributed by atoms with van der Waals surface area (Å²) in [6.07, 6.45) is 1.07. The van der Waals surface area contributed by atoms with E-state index in [4.69, 9.17) is 5.73 Å². The summed E-state index contributed by atoms with van der Waals surface area (Å²) < 4.78 is 0. The predicted octanol–water partition coefficient (Wildman–Crippen LogP) is 1.56. The molecule has 2 heterocycles. The van der Waals surface area contributed by atoms with Gasteiger partial charge in [0.15, 0.2) is 0 Å². The minimum absolute atomic E-state index is 0.353. The normalized spacial score (nSPS) is 26.7. The van der Waals surface area contributed by atoms with E-state index in [2.05, 4.69) is 28.9 Å². The predicted molar refractivity (Wildman–Crippen MR) is 62.9 cm³/mol. The Balaban J connectivity index is 2.12. The number of hydrogen-bond donors (Lipinski definition) is 1. The number of aryl methyl sites for hydroxylation is 1. The molecule has 1 fully saturated rings. The van der Waals surface area contributed by atoms with E-state index < -0.39 is 0 Å². The van der Waals surface area contributed by atoms with E-state index in [1.807, 2.05) is 13.0 Å². The van der Waals surface area contributed by atoms with Gasteiger partial charge in [-0.3, -0.25) is 0 Å². The lowest BCUT2D eigenvalue weighted by Crippen LogP contribution is -2.46. The van der Waals surface area contributed by atoms with Gasteiger partial charge < -0.3 is 10.6 Å². The van der Waals surface area contributed by atoms with Crippen molar-refractivity contribution in [1.82, 2.24) is 4.98 Å². The Morgan fingerprint density at radius 1 is 1.47 bits per heavy atom. The van der Waals surface area contributed by atoms with Crippen LogP contribution in [-0.2, 0) is 0 Å². The van der Waals surface area contributed by atoms with Crippen LogP contribution in [0.3, 0.4) is 0 Å². The van der Waals surface area contributed by atoms with Crippen molar-refractivity contribution in [3.8, 4) is 0 Å². The Morgan fingerprint density at radius 3 is 2.93 bits per heavy atom. The average molecular weight is 205 g/mol. The van der Waals surface area contributed by atoms with Crippen LogP contribution in [0.15, 0.2) is 18.2 Å². The number of anilines is 1. The highest BCUT2D eigenvalue weighted by Gasteiger charge is 2.23. The summed E-state index contributed by atoms with van der Waals surface area (Å²) >= 11 is 0.